The highest BCUT2D eigenvalue weighted by Gasteiger charge is 2.34. The number of para-hydroxylation sites is 2. The van der Waals surface area contributed by atoms with Crippen LogP contribution in [0.2, 0.25) is 0 Å². The zero-order valence-corrected chi connectivity index (χ0v) is 26.9. The normalized spacial score (nSPS) is 13.2. The molecule has 0 aliphatic heterocycles. The Morgan fingerprint density at radius 3 is 1.93 bits per heavy atom. The molecule has 0 fully saturated rings. The molecule has 0 spiro atoms. The number of aryl methyl sites for hydroxylation is 1. The predicted molar refractivity (Wildman–Crippen MR) is 174 cm³/mol. The monoisotopic (exact) mass is 583 g/mol. The molecule has 0 heterocycles. The van der Waals surface area contributed by atoms with E-state index in [4.69, 9.17) is 9.47 Å². The number of rotatable bonds is 22. The summed E-state index contributed by atoms with van der Waals surface area (Å²) < 4.78 is 11.3. The third-order valence-corrected chi connectivity index (χ3v) is 8.15. The molecule has 2 rings (SSSR count). The van der Waals surface area contributed by atoms with E-state index in [1.807, 2.05) is 30.3 Å². The Labute approximate surface area is 256 Å². The topological polar surface area (TPSA) is 67.0 Å². The van der Waals surface area contributed by atoms with Crippen LogP contribution in [-0.4, -0.2) is 27.3 Å². The third-order valence-electron chi connectivity index (χ3n) is 8.15. The van der Waals surface area contributed by atoms with Gasteiger partial charge in [0.25, 0.3) is 0 Å². The fourth-order valence-electron chi connectivity index (χ4n) is 5.81. The van der Waals surface area contributed by atoms with Crippen molar-refractivity contribution in [3.8, 4) is 17.6 Å². The van der Waals surface area contributed by atoms with Crippen LogP contribution in [0.4, 0.5) is 0 Å². The second-order valence-electron chi connectivity index (χ2n) is 11.0. The lowest BCUT2D eigenvalue weighted by Crippen LogP contribution is -2.25. The quantitative estimate of drug-likeness (QED) is 0.102. The zero-order valence-electron chi connectivity index (χ0n) is 26.1. The van der Waals surface area contributed by atoms with E-state index in [2.05, 4.69) is 41.4 Å². The van der Waals surface area contributed by atoms with E-state index in [0.29, 0.717) is 0 Å². The number of azo groups is 1. The minimum absolute atomic E-state index is 0. The lowest BCUT2D eigenvalue weighted by Gasteiger charge is -2.29. The molecule has 2 atom stereocenters. The molecule has 0 saturated carbocycles. The average molecular weight is 584 g/mol. The molecule has 0 radical (unpaired) electrons. The molecule has 0 bridgehead atoms. The maximum absolute atomic E-state index is 10.6. The highest BCUT2D eigenvalue weighted by molar-refractivity contribution is 5.85. The minimum atomic E-state index is -0.552. The van der Waals surface area contributed by atoms with Gasteiger partial charge in [-0.25, -0.2) is 0 Å². The summed E-state index contributed by atoms with van der Waals surface area (Å²) in [7, 11) is 5.17. The summed E-state index contributed by atoms with van der Waals surface area (Å²) in [5.41, 5.74) is 1.67. The molecule has 6 heteroatoms. The van der Waals surface area contributed by atoms with Crippen molar-refractivity contribution in [2.24, 2.45) is 10.2 Å². The molecule has 41 heavy (non-hydrogen) atoms. The summed E-state index contributed by atoms with van der Waals surface area (Å²) in [4.78, 5) is 0. The van der Waals surface area contributed by atoms with Gasteiger partial charge in [-0.3, -0.25) is 0 Å². The number of ether oxygens (including phenoxy) is 2. The molecule has 0 aliphatic rings. The minimum Gasteiger partial charge on any atom is -0.496 e. The van der Waals surface area contributed by atoms with Crippen molar-refractivity contribution in [3.63, 3.8) is 0 Å². The largest absolute Gasteiger partial charge is 0.496 e. The molecule has 228 valence electrons. The van der Waals surface area contributed by atoms with Crippen LogP contribution in [-0.2, 0) is 11.8 Å². The number of hydrogen-bond acceptors (Lipinski definition) is 5. The Bertz CT molecular complexity index is 1020. The molecule has 2 aromatic carbocycles. The Morgan fingerprint density at radius 1 is 0.756 bits per heavy atom. The summed E-state index contributed by atoms with van der Waals surface area (Å²) in [6, 6.07) is 19.2. The fraction of sp³-hybridized carbons (Fsp3) is 0.629. The van der Waals surface area contributed by atoms with Gasteiger partial charge in [0.2, 0.25) is 0 Å². The van der Waals surface area contributed by atoms with Crippen LogP contribution in [0.15, 0.2) is 58.8 Å². The molecule has 5 nitrogen and oxygen atoms in total. The molecular formula is C35H54ClN3O2. The van der Waals surface area contributed by atoms with E-state index in [1.54, 1.807) is 21.3 Å². The van der Waals surface area contributed by atoms with Gasteiger partial charge in [-0.2, -0.15) is 15.5 Å². The second kappa shape index (κ2) is 22.1. The summed E-state index contributed by atoms with van der Waals surface area (Å²) in [6.45, 7) is 2.27. The van der Waals surface area contributed by atoms with Crippen LogP contribution in [0, 0.1) is 11.3 Å². The molecule has 2 unspecified atom stereocenters. The fourth-order valence-corrected chi connectivity index (χ4v) is 5.81. The lowest BCUT2D eigenvalue weighted by molar-refractivity contribution is 0.365. The number of halogens is 1. The van der Waals surface area contributed by atoms with Crippen molar-refractivity contribution < 1.29 is 9.47 Å². The Hall–Kier alpha value is -2.58. The number of methoxy groups -OCH3 is 2. The maximum Gasteiger partial charge on any atom is 0.123 e. The number of unbranched alkanes of at least 4 members (excludes halogenated alkanes) is 9. The van der Waals surface area contributed by atoms with Crippen LogP contribution in [0.25, 0.3) is 0 Å². The van der Waals surface area contributed by atoms with E-state index in [-0.39, 0.29) is 18.4 Å². The number of hydrogen-bond donors (Lipinski definition) is 0. The SMILES string of the molecule is CCCCCCCCCCCCC(C#N)(CCCC(CCc1ccccc1OC)/N=N/C)c1ccccc1OC.Cl. The van der Waals surface area contributed by atoms with Gasteiger partial charge in [0, 0.05) is 12.6 Å². The van der Waals surface area contributed by atoms with E-state index in [1.165, 1.54) is 63.4 Å². The molecule has 0 saturated heterocycles. The van der Waals surface area contributed by atoms with E-state index >= 15 is 0 Å². The first-order chi connectivity index (χ1) is 19.6. The molecule has 0 aromatic heterocycles. The van der Waals surface area contributed by atoms with E-state index in [0.717, 1.165) is 62.0 Å². The first-order valence-electron chi connectivity index (χ1n) is 15.6. The van der Waals surface area contributed by atoms with Crippen molar-refractivity contribution in [1.82, 2.24) is 0 Å². The Balaban J connectivity index is 0.00000840. The molecular weight excluding hydrogens is 530 g/mol. The second-order valence-corrected chi connectivity index (χ2v) is 11.0. The zero-order chi connectivity index (χ0) is 28.9. The van der Waals surface area contributed by atoms with Crippen LogP contribution < -0.4 is 9.47 Å². The Morgan fingerprint density at radius 2 is 1.32 bits per heavy atom. The van der Waals surface area contributed by atoms with Gasteiger partial charge in [-0.1, -0.05) is 108 Å². The summed E-state index contributed by atoms with van der Waals surface area (Å²) in [5, 5.41) is 19.3. The van der Waals surface area contributed by atoms with Gasteiger partial charge in [0.05, 0.1) is 31.7 Å². The lowest BCUT2D eigenvalue weighted by atomic mass is 9.73. The third kappa shape index (κ3) is 12.9. The van der Waals surface area contributed by atoms with Crippen molar-refractivity contribution in [3.05, 3.63) is 59.7 Å². The van der Waals surface area contributed by atoms with Gasteiger partial charge in [-0.05, 0) is 56.2 Å². The van der Waals surface area contributed by atoms with Crippen LogP contribution >= 0.6 is 12.4 Å². The average Bonchev–Trinajstić information content (AvgIpc) is 3.00. The van der Waals surface area contributed by atoms with Crippen molar-refractivity contribution in [2.75, 3.05) is 21.3 Å². The highest BCUT2D eigenvalue weighted by Crippen LogP contribution is 2.40. The van der Waals surface area contributed by atoms with Crippen molar-refractivity contribution in [2.45, 2.75) is 121 Å². The molecule has 0 aliphatic carbocycles. The van der Waals surface area contributed by atoms with Gasteiger partial charge in [0.1, 0.15) is 11.5 Å². The summed E-state index contributed by atoms with van der Waals surface area (Å²) in [6.07, 6.45) is 18.2. The van der Waals surface area contributed by atoms with Crippen LogP contribution in [0.5, 0.6) is 11.5 Å². The molecule has 0 amide bonds. The highest BCUT2D eigenvalue weighted by atomic mass is 35.5. The standard InChI is InChI=1S/C35H53N3O2.ClH/c1-5-6-7-8-9-10-11-12-13-18-27-35(29-36,32-22-15-17-24-34(32)40-4)28-19-21-31(38-37-2)26-25-30-20-14-16-23-33(30)39-3;/h14-17,20,22-24,31H,5-13,18-19,21,25-28H2,1-4H3;1H/b38-37+;. The van der Waals surface area contributed by atoms with Crippen LogP contribution in [0.3, 0.4) is 0 Å². The van der Waals surface area contributed by atoms with Gasteiger partial charge in [0.15, 0.2) is 0 Å². The smallest absolute Gasteiger partial charge is 0.123 e. The molecule has 0 N–H and O–H groups in total. The van der Waals surface area contributed by atoms with Gasteiger partial charge in [-0.15, -0.1) is 12.4 Å². The van der Waals surface area contributed by atoms with Crippen molar-refractivity contribution >= 4 is 12.4 Å². The maximum atomic E-state index is 10.6. The van der Waals surface area contributed by atoms with E-state index < -0.39 is 5.41 Å². The molecule has 2 aromatic rings. The van der Waals surface area contributed by atoms with Crippen LogP contribution in [0.1, 0.15) is 114 Å². The Kier molecular flexibility index (Phi) is 19.6. The van der Waals surface area contributed by atoms with Gasteiger partial charge >= 0.3 is 0 Å². The first kappa shape index (κ1) is 36.4. The first-order valence-corrected chi connectivity index (χ1v) is 15.6. The number of benzene rings is 2. The van der Waals surface area contributed by atoms with Gasteiger partial charge < -0.3 is 9.47 Å². The van der Waals surface area contributed by atoms with Crippen molar-refractivity contribution in [1.29, 1.82) is 5.26 Å². The number of nitriles is 1. The van der Waals surface area contributed by atoms with E-state index in [9.17, 15) is 5.26 Å². The summed E-state index contributed by atoms with van der Waals surface area (Å²) >= 11 is 0. The summed E-state index contributed by atoms with van der Waals surface area (Å²) in [5.74, 6) is 1.74. The number of nitrogens with zero attached hydrogens (tertiary/aromatic N) is 3. The predicted octanol–water partition coefficient (Wildman–Crippen LogP) is 10.5.